The molecule has 1 fully saturated rings. The fourth-order valence-electron chi connectivity index (χ4n) is 2.32. The van der Waals surface area contributed by atoms with Gasteiger partial charge in [-0.05, 0) is 44.1 Å². The van der Waals surface area contributed by atoms with Gasteiger partial charge in [-0.3, -0.25) is 0 Å². The Kier molecular flexibility index (Phi) is 5.26. The molecule has 0 spiro atoms. The molecule has 0 aromatic heterocycles. The first-order chi connectivity index (χ1) is 9.49. The molecule has 1 heterocycles. The van der Waals surface area contributed by atoms with E-state index in [1.54, 1.807) is 6.07 Å². The highest BCUT2D eigenvalue weighted by Gasteiger charge is 2.18. The molecule has 0 radical (unpaired) electrons. The third kappa shape index (κ3) is 4.09. The van der Waals surface area contributed by atoms with Gasteiger partial charge in [0.25, 0.3) is 0 Å². The summed E-state index contributed by atoms with van der Waals surface area (Å²) in [6.07, 6.45) is 3.64. The zero-order valence-electron chi connectivity index (χ0n) is 11.3. The molecule has 5 nitrogen and oxygen atoms in total. The van der Waals surface area contributed by atoms with Crippen LogP contribution >= 0.6 is 11.6 Å². The van der Waals surface area contributed by atoms with Crippen LogP contribution in [0, 0.1) is 0 Å². The number of likely N-dealkylation sites (tertiary alicyclic amines) is 1. The van der Waals surface area contributed by atoms with Crippen molar-refractivity contribution in [1.82, 2.24) is 9.62 Å². The number of nitrogens with two attached hydrogens (primary N) is 1. The van der Waals surface area contributed by atoms with E-state index in [0.717, 1.165) is 19.6 Å². The second-order valence-corrected chi connectivity index (χ2v) is 7.13. The van der Waals surface area contributed by atoms with E-state index in [0.29, 0.717) is 12.2 Å². The predicted molar refractivity (Wildman–Crippen MR) is 81.3 cm³/mol. The number of hydrogen-bond donors (Lipinski definition) is 2. The molecule has 112 valence electrons. The Morgan fingerprint density at radius 2 is 1.95 bits per heavy atom. The van der Waals surface area contributed by atoms with Gasteiger partial charge in [-0.2, -0.15) is 0 Å². The van der Waals surface area contributed by atoms with E-state index in [-0.39, 0.29) is 9.92 Å². The van der Waals surface area contributed by atoms with Crippen LogP contribution in [0.1, 0.15) is 19.3 Å². The molecule has 2 rings (SSSR count). The number of hydrogen-bond acceptors (Lipinski definition) is 4. The van der Waals surface area contributed by atoms with E-state index in [4.69, 9.17) is 17.3 Å². The lowest BCUT2D eigenvalue weighted by molar-refractivity contribution is 0.233. The number of nitrogen functional groups attached to an aromatic ring is 1. The van der Waals surface area contributed by atoms with Crippen LogP contribution in [0.5, 0.6) is 0 Å². The summed E-state index contributed by atoms with van der Waals surface area (Å²) in [6, 6.07) is 4.46. The molecule has 0 aliphatic carbocycles. The largest absolute Gasteiger partial charge is 0.399 e. The maximum atomic E-state index is 12.2. The van der Waals surface area contributed by atoms with Crippen LogP contribution in [-0.2, 0) is 10.0 Å². The Bertz CT molecular complexity index is 557. The van der Waals surface area contributed by atoms with Crippen molar-refractivity contribution in [3.05, 3.63) is 23.2 Å². The molecule has 1 aromatic rings. The van der Waals surface area contributed by atoms with Crippen molar-refractivity contribution in [3.63, 3.8) is 0 Å². The van der Waals surface area contributed by atoms with Crippen LogP contribution in [0.25, 0.3) is 0 Å². The molecule has 7 heteroatoms. The summed E-state index contributed by atoms with van der Waals surface area (Å²) in [7, 11) is -3.60. The summed E-state index contributed by atoms with van der Waals surface area (Å²) < 4.78 is 26.9. The molecule has 1 aliphatic rings. The third-order valence-electron chi connectivity index (χ3n) is 3.41. The van der Waals surface area contributed by atoms with E-state index in [2.05, 4.69) is 9.62 Å². The summed E-state index contributed by atoms with van der Waals surface area (Å²) in [4.78, 5) is 2.31. The van der Waals surface area contributed by atoms with E-state index < -0.39 is 10.0 Å². The zero-order chi connectivity index (χ0) is 14.6. The maximum Gasteiger partial charge on any atom is 0.242 e. The van der Waals surface area contributed by atoms with Crippen LogP contribution < -0.4 is 10.5 Å². The Balaban J connectivity index is 1.95. The van der Waals surface area contributed by atoms with Crippen molar-refractivity contribution in [2.24, 2.45) is 0 Å². The Hall–Kier alpha value is -0.820. The number of piperidine rings is 1. The molecule has 0 amide bonds. The van der Waals surface area contributed by atoms with Crippen LogP contribution in [0.4, 0.5) is 5.69 Å². The Morgan fingerprint density at radius 1 is 1.25 bits per heavy atom. The lowest BCUT2D eigenvalue weighted by atomic mass is 10.1. The average Bonchev–Trinajstić information content (AvgIpc) is 2.42. The smallest absolute Gasteiger partial charge is 0.242 e. The summed E-state index contributed by atoms with van der Waals surface area (Å²) >= 11 is 5.92. The van der Waals surface area contributed by atoms with Gasteiger partial charge in [-0.25, -0.2) is 13.1 Å². The molecule has 1 aromatic carbocycles. The van der Waals surface area contributed by atoms with Crippen LogP contribution in [0.3, 0.4) is 0 Å². The monoisotopic (exact) mass is 317 g/mol. The second kappa shape index (κ2) is 6.76. The second-order valence-electron chi connectivity index (χ2n) is 4.99. The number of sulfonamides is 1. The van der Waals surface area contributed by atoms with Crippen LogP contribution in [0.15, 0.2) is 23.1 Å². The van der Waals surface area contributed by atoms with E-state index >= 15 is 0 Å². The minimum atomic E-state index is -3.60. The summed E-state index contributed by atoms with van der Waals surface area (Å²) in [5, 5.41) is 0.185. The highest BCUT2D eigenvalue weighted by atomic mass is 35.5. The summed E-state index contributed by atoms with van der Waals surface area (Å²) in [5.74, 6) is 0. The van der Waals surface area contributed by atoms with E-state index in [9.17, 15) is 8.42 Å². The minimum absolute atomic E-state index is 0.0396. The number of anilines is 1. The molecule has 0 bridgehead atoms. The number of rotatable bonds is 5. The Morgan fingerprint density at radius 3 is 2.65 bits per heavy atom. The van der Waals surface area contributed by atoms with Crippen molar-refractivity contribution < 1.29 is 8.42 Å². The van der Waals surface area contributed by atoms with Gasteiger partial charge in [0, 0.05) is 18.8 Å². The summed E-state index contributed by atoms with van der Waals surface area (Å²) in [6.45, 7) is 3.19. The van der Waals surface area contributed by atoms with Crippen LogP contribution in [-0.4, -0.2) is 39.5 Å². The van der Waals surface area contributed by atoms with Gasteiger partial charge in [-0.1, -0.05) is 18.0 Å². The fraction of sp³-hybridized carbons (Fsp3) is 0.538. The highest BCUT2D eigenvalue weighted by Crippen LogP contribution is 2.23. The van der Waals surface area contributed by atoms with Gasteiger partial charge < -0.3 is 10.6 Å². The quantitative estimate of drug-likeness (QED) is 0.810. The van der Waals surface area contributed by atoms with Crippen molar-refractivity contribution in [1.29, 1.82) is 0 Å². The molecule has 1 aliphatic heterocycles. The van der Waals surface area contributed by atoms with Gasteiger partial charge in [-0.15, -0.1) is 0 Å². The SMILES string of the molecule is Nc1ccc(Cl)c(S(=O)(=O)NCCN2CCCCC2)c1. The molecule has 3 N–H and O–H groups in total. The van der Waals surface area contributed by atoms with E-state index in [1.165, 1.54) is 31.4 Å². The van der Waals surface area contributed by atoms with Crippen LogP contribution in [0.2, 0.25) is 5.02 Å². The molecule has 0 saturated carbocycles. The first-order valence-corrected chi connectivity index (χ1v) is 8.62. The zero-order valence-corrected chi connectivity index (χ0v) is 12.9. The number of benzene rings is 1. The first kappa shape index (κ1) is 15.6. The maximum absolute atomic E-state index is 12.2. The third-order valence-corrected chi connectivity index (χ3v) is 5.36. The standard InChI is InChI=1S/C13H20ClN3O2S/c14-12-5-4-11(15)10-13(12)20(18,19)16-6-9-17-7-2-1-3-8-17/h4-5,10,16H,1-3,6-9,15H2. The van der Waals surface area contributed by atoms with Gasteiger partial charge >= 0.3 is 0 Å². The molecule has 0 atom stereocenters. The molecule has 20 heavy (non-hydrogen) atoms. The van der Waals surface area contributed by atoms with Gasteiger partial charge in [0.15, 0.2) is 0 Å². The normalized spacial score (nSPS) is 17.2. The average molecular weight is 318 g/mol. The Labute approximate surface area is 125 Å². The van der Waals surface area contributed by atoms with Gasteiger partial charge in [0.2, 0.25) is 10.0 Å². The van der Waals surface area contributed by atoms with Gasteiger partial charge in [0.05, 0.1) is 5.02 Å². The highest BCUT2D eigenvalue weighted by molar-refractivity contribution is 7.89. The number of nitrogens with one attached hydrogen (secondary N) is 1. The molecular formula is C13H20ClN3O2S. The predicted octanol–water partition coefficient (Wildman–Crippen LogP) is 1.69. The van der Waals surface area contributed by atoms with Crippen molar-refractivity contribution in [2.45, 2.75) is 24.2 Å². The minimum Gasteiger partial charge on any atom is -0.399 e. The molecular weight excluding hydrogens is 298 g/mol. The number of halogens is 1. The lowest BCUT2D eigenvalue weighted by Gasteiger charge is -2.26. The van der Waals surface area contributed by atoms with Gasteiger partial charge in [0.1, 0.15) is 4.90 Å². The van der Waals surface area contributed by atoms with Crippen molar-refractivity contribution in [2.75, 3.05) is 31.9 Å². The first-order valence-electron chi connectivity index (χ1n) is 6.76. The van der Waals surface area contributed by atoms with Crippen molar-refractivity contribution >= 4 is 27.3 Å². The summed E-state index contributed by atoms with van der Waals surface area (Å²) in [5.41, 5.74) is 5.99. The molecule has 1 saturated heterocycles. The molecule has 0 unspecified atom stereocenters. The number of nitrogens with zero attached hydrogens (tertiary/aromatic N) is 1. The van der Waals surface area contributed by atoms with Crippen molar-refractivity contribution in [3.8, 4) is 0 Å². The topological polar surface area (TPSA) is 75.4 Å². The fourth-order valence-corrected chi connectivity index (χ4v) is 3.88. The lowest BCUT2D eigenvalue weighted by Crippen LogP contribution is -2.37. The van der Waals surface area contributed by atoms with E-state index in [1.807, 2.05) is 0 Å².